The van der Waals surface area contributed by atoms with Gasteiger partial charge in [0, 0.05) is 12.6 Å². The Bertz CT molecular complexity index is 824. The maximum Gasteiger partial charge on any atom is 0.163 e. The zero-order valence-corrected chi connectivity index (χ0v) is 17.1. The summed E-state index contributed by atoms with van der Waals surface area (Å²) < 4.78 is 5.19. The summed E-state index contributed by atoms with van der Waals surface area (Å²) in [6.07, 6.45) is 12.3. The standard InChI is InChI=1S/C23H30N2O4/c1-3-4-5-6-19(26)14-20(27)9-8-17-13-22(29-2)21(28)12-18(17)11-16-7-10-23(24)25-15-16/h7-10,12-13,15,23,25,28H,3-6,11,14,24H2,1-2H3. The van der Waals surface area contributed by atoms with Crippen molar-refractivity contribution in [1.82, 2.24) is 5.32 Å². The Balaban J connectivity index is 2.13. The highest BCUT2D eigenvalue weighted by atomic mass is 16.5. The lowest BCUT2D eigenvalue weighted by Crippen LogP contribution is -2.33. The van der Waals surface area contributed by atoms with Gasteiger partial charge < -0.3 is 20.9 Å². The number of ether oxygens (including phenoxy) is 1. The minimum atomic E-state index is -0.228. The number of allylic oxidation sites excluding steroid dienone is 3. The number of nitrogens with one attached hydrogen (secondary N) is 1. The van der Waals surface area contributed by atoms with Crippen LogP contribution in [-0.4, -0.2) is 29.9 Å². The highest BCUT2D eigenvalue weighted by molar-refractivity contribution is 6.06. The van der Waals surface area contributed by atoms with Gasteiger partial charge in [-0.1, -0.05) is 31.9 Å². The Hall–Kier alpha value is -2.86. The molecule has 29 heavy (non-hydrogen) atoms. The molecule has 0 spiro atoms. The number of carbonyl (C=O) groups excluding carboxylic acids is 2. The molecule has 1 unspecified atom stereocenters. The molecule has 0 fully saturated rings. The third kappa shape index (κ3) is 7.23. The third-order valence-corrected chi connectivity index (χ3v) is 4.69. The van der Waals surface area contributed by atoms with Crippen LogP contribution in [0.3, 0.4) is 0 Å². The number of aromatic hydroxyl groups is 1. The van der Waals surface area contributed by atoms with Crippen LogP contribution in [0.25, 0.3) is 6.08 Å². The summed E-state index contributed by atoms with van der Waals surface area (Å²) in [5.74, 6) is 0.0948. The average Bonchev–Trinajstić information content (AvgIpc) is 2.69. The predicted octanol–water partition coefficient (Wildman–Crippen LogP) is 3.39. The molecule has 0 saturated carbocycles. The van der Waals surface area contributed by atoms with Gasteiger partial charge in [0.25, 0.3) is 0 Å². The van der Waals surface area contributed by atoms with Crippen LogP contribution in [0.1, 0.15) is 50.2 Å². The Morgan fingerprint density at radius 1 is 1.31 bits per heavy atom. The second-order valence-corrected chi connectivity index (χ2v) is 7.14. The van der Waals surface area contributed by atoms with E-state index in [0.717, 1.165) is 36.0 Å². The molecule has 1 aromatic rings. The SMILES string of the molecule is CCCCCC(=O)CC(=O)C=Cc1cc(OC)c(O)cc1CC1=CNC(N)C=C1. The minimum Gasteiger partial charge on any atom is -0.504 e. The second-order valence-electron chi connectivity index (χ2n) is 7.14. The minimum absolute atomic E-state index is 0.0297. The van der Waals surface area contributed by atoms with Gasteiger partial charge in [0.2, 0.25) is 0 Å². The van der Waals surface area contributed by atoms with Crippen LogP contribution < -0.4 is 15.8 Å². The lowest BCUT2D eigenvalue weighted by atomic mass is 9.97. The number of benzene rings is 1. The second kappa shape index (κ2) is 11.2. The fraction of sp³-hybridized carbons (Fsp3) is 0.391. The van der Waals surface area contributed by atoms with Crippen LogP contribution in [0.15, 0.2) is 42.1 Å². The summed E-state index contributed by atoms with van der Waals surface area (Å²) in [4.78, 5) is 24.1. The van der Waals surface area contributed by atoms with Crippen molar-refractivity contribution in [2.45, 2.75) is 51.6 Å². The zero-order valence-electron chi connectivity index (χ0n) is 17.1. The molecule has 0 saturated heterocycles. The van der Waals surface area contributed by atoms with E-state index in [1.165, 1.54) is 13.2 Å². The molecule has 0 bridgehead atoms. The van der Waals surface area contributed by atoms with E-state index >= 15 is 0 Å². The number of unbranched alkanes of at least 4 members (excludes halogenated alkanes) is 2. The fourth-order valence-electron chi connectivity index (χ4n) is 3.06. The lowest BCUT2D eigenvalue weighted by Gasteiger charge is -2.16. The van der Waals surface area contributed by atoms with Gasteiger partial charge in [-0.3, -0.25) is 9.59 Å². The third-order valence-electron chi connectivity index (χ3n) is 4.69. The lowest BCUT2D eigenvalue weighted by molar-refractivity contribution is -0.124. The average molecular weight is 399 g/mol. The summed E-state index contributed by atoms with van der Waals surface area (Å²) in [6.45, 7) is 2.07. The van der Waals surface area contributed by atoms with Crippen molar-refractivity contribution >= 4 is 17.6 Å². The largest absolute Gasteiger partial charge is 0.504 e. The summed E-state index contributed by atoms with van der Waals surface area (Å²) in [6, 6.07) is 3.31. The molecular weight excluding hydrogens is 368 g/mol. The first-order valence-electron chi connectivity index (χ1n) is 9.94. The summed E-state index contributed by atoms with van der Waals surface area (Å²) in [5.41, 5.74) is 8.33. The number of phenolic OH excluding ortho intramolecular Hbond substituents is 1. The quantitative estimate of drug-likeness (QED) is 0.300. The van der Waals surface area contributed by atoms with Crippen molar-refractivity contribution in [3.8, 4) is 11.5 Å². The van der Waals surface area contributed by atoms with Crippen LogP contribution >= 0.6 is 0 Å². The van der Waals surface area contributed by atoms with Gasteiger partial charge >= 0.3 is 0 Å². The summed E-state index contributed by atoms with van der Waals surface area (Å²) in [5, 5.41) is 13.2. The van der Waals surface area contributed by atoms with E-state index in [4.69, 9.17) is 10.5 Å². The molecule has 0 aromatic heterocycles. The van der Waals surface area contributed by atoms with Crippen LogP contribution in [0.5, 0.6) is 11.5 Å². The van der Waals surface area contributed by atoms with Crippen molar-refractivity contribution < 1.29 is 19.4 Å². The number of nitrogens with two attached hydrogens (primary N) is 1. The van der Waals surface area contributed by atoms with E-state index in [-0.39, 0.29) is 29.9 Å². The van der Waals surface area contributed by atoms with Crippen LogP contribution in [-0.2, 0) is 16.0 Å². The summed E-state index contributed by atoms with van der Waals surface area (Å²) >= 11 is 0. The molecule has 4 N–H and O–H groups in total. The monoisotopic (exact) mass is 398 g/mol. The fourth-order valence-corrected chi connectivity index (χ4v) is 3.06. The molecule has 0 radical (unpaired) electrons. The van der Waals surface area contributed by atoms with Gasteiger partial charge in [-0.05, 0) is 53.8 Å². The molecular formula is C23H30N2O4. The molecule has 156 valence electrons. The maximum absolute atomic E-state index is 12.2. The molecule has 1 atom stereocenters. The van der Waals surface area contributed by atoms with Crippen molar-refractivity contribution in [2.24, 2.45) is 5.73 Å². The van der Waals surface area contributed by atoms with Crippen molar-refractivity contribution in [3.63, 3.8) is 0 Å². The number of methoxy groups -OCH3 is 1. The smallest absolute Gasteiger partial charge is 0.163 e. The molecule has 1 aliphatic rings. The Morgan fingerprint density at radius 2 is 2.10 bits per heavy atom. The number of phenols is 1. The Labute approximate surface area is 172 Å². The number of carbonyl (C=O) groups is 2. The molecule has 2 rings (SSSR count). The van der Waals surface area contributed by atoms with E-state index in [1.54, 1.807) is 18.2 Å². The Kier molecular flexibility index (Phi) is 8.68. The highest BCUT2D eigenvalue weighted by Gasteiger charge is 2.12. The normalized spacial score (nSPS) is 15.8. The first kappa shape index (κ1) is 22.4. The van der Waals surface area contributed by atoms with Gasteiger partial charge in [0.15, 0.2) is 17.3 Å². The van der Waals surface area contributed by atoms with Crippen LogP contribution in [0.2, 0.25) is 0 Å². The molecule has 6 heteroatoms. The first-order valence-corrected chi connectivity index (χ1v) is 9.94. The van der Waals surface area contributed by atoms with E-state index in [9.17, 15) is 14.7 Å². The first-order chi connectivity index (χ1) is 13.9. The van der Waals surface area contributed by atoms with Gasteiger partial charge in [-0.2, -0.15) is 0 Å². The van der Waals surface area contributed by atoms with E-state index in [1.807, 2.05) is 18.4 Å². The van der Waals surface area contributed by atoms with Crippen LogP contribution in [0.4, 0.5) is 0 Å². The van der Waals surface area contributed by atoms with Gasteiger partial charge in [0.1, 0.15) is 5.78 Å². The number of hydrogen-bond acceptors (Lipinski definition) is 6. The number of Topliss-reactive ketones (excluding diaryl/α,β-unsaturated/α-hetero) is 1. The molecule has 6 nitrogen and oxygen atoms in total. The molecule has 0 amide bonds. The number of dihydropyridines is 1. The molecule has 1 aromatic carbocycles. The number of rotatable bonds is 11. The van der Waals surface area contributed by atoms with Crippen molar-refractivity contribution in [2.75, 3.05) is 7.11 Å². The van der Waals surface area contributed by atoms with E-state index in [0.29, 0.717) is 18.6 Å². The van der Waals surface area contributed by atoms with E-state index < -0.39 is 0 Å². The zero-order chi connectivity index (χ0) is 21.2. The predicted molar refractivity (Wildman–Crippen MR) is 115 cm³/mol. The number of ketones is 2. The van der Waals surface area contributed by atoms with Gasteiger partial charge in [-0.25, -0.2) is 0 Å². The van der Waals surface area contributed by atoms with E-state index in [2.05, 4.69) is 12.2 Å². The molecule has 1 aliphatic heterocycles. The van der Waals surface area contributed by atoms with Crippen molar-refractivity contribution in [3.05, 3.63) is 53.3 Å². The summed E-state index contributed by atoms with van der Waals surface area (Å²) in [7, 11) is 1.47. The van der Waals surface area contributed by atoms with Crippen LogP contribution in [0, 0.1) is 0 Å². The van der Waals surface area contributed by atoms with Gasteiger partial charge in [-0.15, -0.1) is 0 Å². The highest BCUT2D eigenvalue weighted by Crippen LogP contribution is 2.31. The van der Waals surface area contributed by atoms with Gasteiger partial charge in [0.05, 0.1) is 19.7 Å². The topological polar surface area (TPSA) is 102 Å². The molecule has 0 aliphatic carbocycles. The molecule has 1 heterocycles. The number of hydrogen-bond donors (Lipinski definition) is 3. The maximum atomic E-state index is 12.2. The van der Waals surface area contributed by atoms with Crippen molar-refractivity contribution in [1.29, 1.82) is 0 Å². The Morgan fingerprint density at radius 3 is 2.76 bits per heavy atom.